The van der Waals surface area contributed by atoms with Crippen molar-refractivity contribution in [2.45, 2.75) is 20.8 Å². The van der Waals surface area contributed by atoms with E-state index in [-0.39, 0.29) is 5.82 Å². The molecule has 2 aromatic rings. The van der Waals surface area contributed by atoms with Gasteiger partial charge in [-0.25, -0.2) is 9.37 Å². The van der Waals surface area contributed by atoms with Gasteiger partial charge in [0.05, 0.1) is 10.0 Å². The summed E-state index contributed by atoms with van der Waals surface area (Å²) in [5, 5.41) is 12.3. The van der Waals surface area contributed by atoms with Crippen LogP contribution >= 0.6 is 15.9 Å². The van der Waals surface area contributed by atoms with Gasteiger partial charge >= 0.3 is 0 Å². The lowest BCUT2D eigenvalue weighted by molar-refractivity contribution is 0.620. The number of aromatic nitrogens is 1. The molecular formula is C15H13BrFN3. The number of hydrogen-bond acceptors (Lipinski definition) is 3. The van der Waals surface area contributed by atoms with E-state index in [1.54, 1.807) is 13.0 Å². The van der Waals surface area contributed by atoms with E-state index in [0.717, 1.165) is 16.8 Å². The van der Waals surface area contributed by atoms with Crippen LogP contribution in [0.3, 0.4) is 0 Å². The van der Waals surface area contributed by atoms with Crippen molar-refractivity contribution in [3.8, 4) is 6.07 Å². The quantitative estimate of drug-likeness (QED) is 0.878. The van der Waals surface area contributed by atoms with Crippen LogP contribution in [0, 0.1) is 37.9 Å². The minimum absolute atomic E-state index is 0.318. The molecule has 0 radical (unpaired) electrons. The zero-order valence-electron chi connectivity index (χ0n) is 11.4. The molecule has 0 saturated heterocycles. The summed E-state index contributed by atoms with van der Waals surface area (Å²) >= 11 is 3.16. The largest absolute Gasteiger partial charge is 0.339 e. The van der Waals surface area contributed by atoms with E-state index in [4.69, 9.17) is 0 Å². The van der Waals surface area contributed by atoms with Gasteiger partial charge < -0.3 is 5.32 Å². The standard InChI is InChI=1S/C15H13BrFN3/c1-8-4-10(3)19-15(11(8)7-18)20-14-6-12(16)13(17)5-9(14)2/h4-6H,1-3H3,(H,19,20). The van der Waals surface area contributed by atoms with E-state index in [1.165, 1.54) is 6.07 Å². The zero-order valence-corrected chi connectivity index (χ0v) is 13.0. The second-order valence-corrected chi connectivity index (χ2v) is 5.48. The molecule has 0 aliphatic carbocycles. The first-order valence-electron chi connectivity index (χ1n) is 6.03. The summed E-state index contributed by atoms with van der Waals surface area (Å²) in [6, 6.07) is 7.08. The SMILES string of the molecule is Cc1cc(C)c(C#N)c(Nc2cc(Br)c(F)cc2C)n1. The number of hydrogen-bond donors (Lipinski definition) is 1. The molecule has 0 aliphatic heterocycles. The third-order valence-corrected chi connectivity index (χ3v) is 3.58. The third-order valence-electron chi connectivity index (χ3n) is 2.98. The van der Waals surface area contributed by atoms with Gasteiger partial charge in [0.15, 0.2) is 0 Å². The minimum Gasteiger partial charge on any atom is -0.339 e. The van der Waals surface area contributed by atoms with E-state index in [2.05, 4.69) is 32.3 Å². The van der Waals surface area contributed by atoms with Crippen molar-refractivity contribution in [3.63, 3.8) is 0 Å². The van der Waals surface area contributed by atoms with Crippen LogP contribution < -0.4 is 5.32 Å². The average molecular weight is 334 g/mol. The van der Waals surface area contributed by atoms with Crippen LogP contribution in [-0.4, -0.2) is 4.98 Å². The normalized spacial score (nSPS) is 10.2. The summed E-state index contributed by atoms with van der Waals surface area (Å²) in [6.45, 7) is 5.53. The van der Waals surface area contributed by atoms with Crippen molar-refractivity contribution in [1.82, 2.24) is 4.98 Å². The molecule has 5 heteroatoms. The Hall–Kier alpha value is -1.93. The van der Waals surface area contributed by atoms with E-state index < -0.39 is 0 Å². The molecule has 2 rings (SSSR count). The molecular weight excluding hydrogens is 321 g/mol. The average Bonchev–Trinajstić information content (AvgIpc) is 2.35. The molecule has 0 bridgehead atoms. The molecule has 0 spiro atoms. The van der Waals surface area contributed by atoms with Crippen molar-refractivity contribution >= 4 is 27.4 Å². The van der Waals surface area contributed by atoms with Crippen LogP contribution in [0.25, 0.3) is 0 Å². The summed E-state index contributed by atoms with van der Waals surface area (Å²) in [5.41, 5.74) is 3.64. The topological polar surface area (TPSA) is 48.7 Å². The number of nitrogens with one attached hydrogen (secondary N) is 1. The van der Waals surface area contributed by atoms with Gasteiger partial charge in [-0.1, -0.05) is 0 Å². The molecule has 0 unspecified atom stereocenters. The van der Waals surface area contributed by atoms with Crippen molar-refractivity contribution in [2.24, 2.45) is 0 Å². The van der Waals surface area contributed by atoms with Crippen LogP contribution in [0.2, 0.25) is 0 Å². The fraction of sp³-hybridized carbons (Fsp3) is 0.200. The van der Waals surface area contributed by atoms with E-state index >= 15 is 0 Å². The number of rotatable bonds is 2. The van der Waals surface area contributed by atoms with Crippen LogP contribution in [0.1, 0.15) is 22.4 Å². The van der Waals surface area contributed by atoms with Crippen LogP contribution in [0.4, 0.5) is 15.9 Å². The molecule has 1 N–H and O–H groups in total. The first-order valence-corrected chi connectivity index (χ1v) is 6.82. The Morgan fingerprint density at radius 1 is 1.20 bits per heavy atom. The molecule has 0 aliphatic rings. The maximum absolute atomic E-state index is 13.4. The monoisotopic (exact) mass is 333 g/mol. The molecule has 1 heterocycles. The van der Waals surface area contributed by atoms with Crippen molar-refractivity contribution in [2.75, 3.05) is 5.32 Å². The number of nitriles is 1. The Bertz CT molecular complexity index is 720. The molecule has 0 fully saturated rings. The first-order chi connectivity index (χ1) is 9.42. The summed E-state index contributed by atoms with van der Waals surface area (Å²) in [7, 11) is 0. The second kappa shape index (κ2) is 5.59. The van der Waals surface area contributed by atoms with Gasteiger partial charge in [-0.3, -0.25) is 0 Å². The lowest BCUT2D eigenvalue weighted by Crippen LogP contribution is -2.02. The highest BCUT2D eigenvalue weighted by Gasteiger charge is 2.11. The Kier molecular flexibility index (Phi) is 4.05. The first kappa shape index (κ1) is 14.5. The number of benzene rings is 1. The molecule has 3 nitrogen and oxygen atoms in total. The summed E-state index contributed by atoms with van der Waals surface area (Å²) in [6.07, 6.45) is 0. The highest BCUT2D eigenvalue weighted by Crippen LogP contribution is 2.28. The maximum atomic E-state index is 13.4. The van der Waals surface area contributed by atoms with Crippen molar-refractivity contribution in [1.29, 1.82) is 5.26 Å². The minimum atomic E-state index is -0.318. The van der Waals surface area contributed by atoms with Crippen molar-refractivity contribution < 1.29 is 4.39 Å². The van der Waals surface area contributed by atoms with Crippen LogP contribution in [-0.2, 0) is 0 Å². The van der Waals surface area contributed by atoms with Gasteiger partial charge in [0.25, 0.3) is 0 Å². The summed E-state index contributed by atoms with van der Waals surface area (Å²) in [5.74, 6) is 0.175. The van der Waals surface area contributed by atoms with Crippen LogP contribution in [0.15, 0.2) is 22.7 Å². The molecule has 1 aromatic heterocycles. The lowest BCUT2D eigenvalue weighted by atomic mass is 10.1. The highest BCUT2D eigenvalue weighted by atomic mass is 79.9. The molecule has 0 atom stereocenters. The van der Waals surface area contributed by atoms with Gasteiger partial charge in [-0.2, -0.15) is 5.26 Å². The number of pyridine rings is 1. The lowest BCUT2D eigenvalue weighted by Gasteiger charge is -2.13. The molecule has 0 amide bonds. The van der Waals surface area contributed by atoms with Gasteiger partial charge in [-0.15, -0.1) is 0 Å². The Labute approximate surface area is 125 Å². The molecule has 102 valence electrons. The van der Waals surface area contributed by atoms with Crippen LogP contribution in [0.5, 0.6) is 0 Å². The fourth-order valence-electron chi connectivity index (χ4n) is 1.98. The van der Waals surface area contributed by atoms with E-state index in [1.807, 2.05) is 19.9 Å². The van der Waals surface area contributed by atoms with Gasteiger partial charge in [0.1, 0.15) is 17.7 Å². The zero-order chi connectivity index (χ0) is 14.9. The predicted molar refractivity (Wildman–Crippen MR) is 80.5 cm³/mol. The molecule has 20 heavy (non-hydrogen) atoms. The Morgan fingerprint density at radius 3 is 2.55 bits per heavy atom. The summed E-state index contributed by atoms with van der Waals surface area (Å²) < 4.78 is 13.8. The van der Waals surface area contributed by atoms with Gasteiger partial charge in [0, 0.05) is 11.4 Å². The van der Waals surface area contributed by atoms with Gasteiger partial charge in [0.2, 0.25) is 0 Å². The number of anilines is 2. The summed E-state index contributed by atoms with van der Waals surface area (Å²) in [4.78, 5) is 4.35. The van der Waals surface area contributed by atoms with E-state index in [0.29, 0.717) is 21.5 Å². The Morgan fingerprint density at radius 2 is 1.90 bits per heavy atom. The smallest absolute Gasteiger partial charge is 0.148 e. The van der Waals surface area contributed by atoms with E-state index in [9.17, 15) is 9.65 Å². The number of halogens is 2. The molecule has 1 aromatic carbocycles. The number of aryl methyl sites for hydroxylation is 3. The highest BCUT2D eigenvalue weighted by molar-refractivity contribution is 9.10. The predicted octanol–water partition coefficient (Wildman–Crippen LogP) is 4.52. The van der Waals surface area contributed by atoms with Crippen molar-refractivity contribution in [3.05, 3.63) is 50.9 Å². The maximum Gasteiger partial charge on any atom is 0.148 e. The third kappa shape index (κ3) is 2.81. The fourth-order valence-corrected chi connectivity index (χ4v) is 2.32. The molecule has 0 saturated carbocycles. The van der Waals surface area contributed by atoms with Gasteiger partial charge in [-0.05, 0) is 66.0 Å². The Balaban J connectivity index is 2.51. The number of nitrogens with zero attached hydrogens (tertiary/aromatic N) is 2. The second-order valence-electron chi connectivity index (χ2n) is 4.62.